The van der Waals surface area contributed by atoms with Crippen LogP contribution in [0.25, 0.3) is 11.0 Å². The molecule has 0 spiro atoms. The Morgan fingerprint density at radius 2 is 2.26 bits per heavy atom. The molecule has 0 unspecified atom stereocenters. The Kier molecular flexibility index (Phi) is 2.98. The summed E-state index contributed by atoms with van der Waals surface area (Å²) < 4.78 is 2.05. The van der Waals surface area contributed by atoms with Crippen molar-refractivity contribution in [3.05, 3.63) is 30.1 Å². The van der Waals surface area contributed by atoms with Gasteiger partial charge in [0.2, 0.25) is 0 Å². The SMILES string of the molecule is Cn1c(CN2CCC[C@H]2C(=O)O)nc2ccccc21. The van der Waals surface area contributed by atoms with Gasteiger partial charge in [0.1, 0.15) is 11.9 Å². The van der Waals surface area contributed by atoms with Crippen molar-refractivity contribution in [1.29, 1.82) is 0 Å². The topological polar surface area (TPSA) is 58.4 Å². The summed E-state index contributed by atoms with van der Waals surface area (Å²) in [6.07, 6.45) is 1.68. The van der Waals surface area contributed by atoms with E-state index in [9.17, 15) is 9.90 Å². The van der Waals surface area contributed by atoms with Crippen LogP contribution >= 0.6 is 0 Å². The molecule has 0 saturated carbocycles. The lowest BCUT2D eigenvalue weighted by atomic mass is 10.2. The van der Waals surface area contributed by atoms with Gasteiger partial charge in [-0.15, -0.1) is 0 Å². The van der Waals surface area contributed by atoms with Crippen molar-refractivity contribution in [3.63, 3.8) is 0 Å². The van der Waals surface area contributed by atoms with Crippen molar-refractivity contribution in [3.8, 4) is 0 Å². The van der Waals surface area contributed by atoms with Crippen LogP contribution in [0.3, 0.4) is 0 Å². The molecular weight excluding hydrogens is 242 g/mol. The number of aromatic nitrogens is 2. The number of aliphatic carboxylic acids is 1. The average molecular weight is 259 g/mol. The molecule has 1 aromatic carbocycles. The maximum Gasteiger partial charge on any atom is 0.320 e. The van der Waals surface area contributed by atoms with E-state index in [2.05, 4.69) is 4.98 Å². The maximum atomic E-state index is 11.2. The van der Waals surface area contributed by atoms with Gasteiger partial charge in [-0.25, -0.2) is 4.98 Å². The minimum atomic E-state index is -0.726. The zero-order valence-electron chi connectivity index (χ0n) is 10.9. The molecular formula is C14H17N3O2. The lowest BCUT2D eigenvalue weighted by molar-refractivity contribution is -0.142. The second kappa shape index (κ2) is 4.66. The number of rotatable bonds is 3. The molecule has 5 nitrogen and oxygen atoms in total. The summed E-state index contributed by atoms with van der Waals surface area (Å²) in [5.74, 6) is 0.200. The number of hydrogen-bond acceptors (Lipinski definition) is 3. The van der Waals surface area contributed by atoms with Crippen molar-refractivity contribution >= 4 is 17.0 Å². The van der Waals surface area contributed by atoms with E-state index in [1.807, 2.05) is 40.8 Å². The smallest absolute Gasteiger partial charge is 0.320 e. The molecule has 2 heterocycles. The monoisotopic (exact) mass is 259 g/mol. The highest BCUT2D eigenvalue weighted by molar-refractivity contribution is 5.76. The van der Waals surface area contributed by atoms with Gasteiger partial charge in [-0.3, -0.25) is 9.69 Å². The normalized spacial score (nSPS) is 20.2. The van der Waals surface area contributed by atoms with Crippen LogP contribution in [0.15, 0.2) is 24.3 Å². The fourth-order valence-corrected chi connectivity index (χ4v) is 2.81. The van der Waals surface area contributed by atoms with Crippen LogP contribution in [0, 0.1) is 0 Å². The largest absolute Gasteiger partial charge is 0.480 e. The Morgan fingerprint density at radius 3 is 3.00 bits per heavy atom. The predicted octanol–water partition coefficient (Wildman–Crippen LogP) is 1.62. The van der Waals surface area contributed by atoms with Crippen molar-refractivity contribution in [1.82, 2.24) is 14.5 Å². The van der Waals surface area contributed by atoms with Gasteiger partial charge in [-0.05, 0) is 31.5 Å². The molecule has 0 aliphatic carbocycles. The lowest BCUT2D eigenvalue weighted by Crippen LogP contribution is -2.36. The van der Waals surface area contributed by atoms with Crippen LogP contribution in [-0.2, 0) is 18.4 Å². The number of carboxylic acid groups (broad SMARTS) is 1. The van der Waals surface area contributed by atoms with Gasteiger partial charge >= 0.3 is 5.97 Å². The third-order valence-electron chi connectivity index (χ3n) is 3.87. The third-order valence-corrected chi connectivity index (χ3v) is 3.87. The molecule has 0 bridgehead atoms. The Balaban J connectivity index is 1.89. The van der Waals surface area contributed by atoms with E-state index in [1.54, 1.807) is 0 Å². The van der Waals surface area contributed by atoms with E-state index in [-0.39, 0.29) is 6.04 Å². The van der Waals surface area contributed by atoms with E-state index >= 15 is 0 Å². The molecule has 0 radical (unpaired) electrons. The van der Waals surface area contributed by atoms with Crippen LogP contribution in [-0.4, -0.2) is 38.1 Å². The molecule has 0 amide bonds. The van der Waals surface area contributed by atoms with E-state index in [0.717, 1.165) is 36.2 Å². The van der Waals surface area contributed by atoms with Gasteiger partial charge in [-0.2, -0.15) is 0 Å². The average Bonchev–Trinajstić information content (AvgIpc) is 2.97. The van der Waals surface area contributed by atoms with Gasteiger partial charge in [0.05, 0.1) is 17.6 Å². The van der Waals surface area contributed by atoms with Crippen molar-refractivity contribution < 1.29 is 9.90 Å². The number of likely N-dealkylation sites (tertiary alicyclic amines) is 1. The van der Waals surface area contributed by atoms with Gasteiger partial charge in [0, 0.05) is 7.05 Å². The fraction of sp³-hybridized carbons (Fsp3) is 0.429. The Labute approximate surface area is 111 Å². The molecule has 1 atom stereocenters. The quantitative estimate of drug-likeness (QED) is 0.910. The van der Waals surface area contributed by atoms with E-state index < -0.39 is 5.97 Å². The van der Waals surface area contributed by atoms with Gasteiger partial charge in [-0.1, -0.05) is 12.1 Å². The Bertz CT molecular complexity index is 620. The number of nitrogens with zero attached hydrogens (tertiary/aromatic N) is 3. The molecule has 1 fully saturated rings. The van der Waals surface area contributed by atoms with Crippen LogP contribution in [0.5, 0.6) is 0 Å². The molecule has 19 heavy (non-hydrogen) atoms. The molecule has 1 aliphatic rings. The fourth-order valence-electron chi connectivity index (χ4n) is 2.81. The van der Waals surface area contributed by atoms with E-state index in [4.69, 9.17) is 0 Å². The number of carbonyl (C=O) groups is 1. The standard InChI is InChI=1S/C14H17N3O2/c1-16-11-6-3-2-5-10(11)15-13(16)9-17-8-4-7-12(17)14(18)19/h2-3,5-6,12H,4,7-9H2,1H3,(H,18,19)/t12-/m0/s1. The van der Waals surface area contributed by atoms with Crippen LogP contribution in [0.1, 0.15) is 18.7 Å². The number of aryl methyl sites for hydroxylation is 1. The Morgan fingerprint density at radius 1 is 1.47 bits per heavy atom. The number of carboxylic acids is 1. The summed E-state index contributed by atoms with van der Waals surface area (Å²) in [5, 5.41) is 9.20. The molecule has 1 N–H and O–H groups in total. The highest BCUT2D eigenvalue weighted by atomic mass is 16.4. The Hall–Kier alpha value is -1.88. The van der Waals surface area contributed by atoms with Gasteiger partial charge < -0.3 is 9.67 Å². The number of fused-ring (bicyclic) bond motifs is 1. The van der Waals surface area contributed by atoms with Crippen LogP contribution in [0.2, 0.25) is 0 Å². The lowest BCUT2D eigenvalue weighted by Gasteiger charge is -2.20. The number of benzene rings is 1. The van der Waals surface area contributed by atoms with E-state index in [1.165, 1.54) is 0 Å². The second-order valence-electron chi connectivity index (χ2n) is 5.04. The summed E-state index contributed by atoms with van der Waals surface area (Å²) in [4.78, 5) is 17.8. The summed E-state index contributed by atoms with van der Waals surface area (Å²) in [6, 6.07) is 7.61. The molecule has 1 aromatic heterocycles. The molecule has 5 heteroatoms. The molecule has 3 rings (SSSR count). The minimum absolute atomic E-state index is 0.361. The van der Waals surface area contributed by atoms with Crippen molar-refractivity contribution in [2.24, 2.45) is 7.05 Å². The van der Waals surface area contributed by atoms with Gasteiger partial charge in [0.15, 0.2) is 0 Å². The molecule has 1 aliphatic heterocycles. The first-order chi connectivity index (χ1) is 9.16. The molecule has 100 valence electrons. The maximum absolute atomic E-state index is 11.2. The van der Waals surface area contributed by atoms with Gasteiger partial charge in [0.25, 0.3) is 0 Å². The molecule has 1 saturated heterocycles. The summed E-state index contributed by atoms with van der Waals surface area (Å²) in [7, 11) is 1.98. The first kappa shape index (κ1) is 12.2. The second-order valence-corrected chi connectivity index (χ2v) is 5.04. The number of para-hydroxylation sites is 2. The summed E-state index contributed by atoms with van der Waals surface area (Å²) in [6.45, 7) is 1.43. The third kappa shape index (κ3) is 2.10. The first-order valence-electron chi connectivity index (χ1n) is 6.54. The van der Waals surface area contributed by atoms with Crippen LogP contribution < -0.4 is 0 Å². The summed E-state index contributed by atoms with van der Waals surface area (Å²) in [5.41, 5.74) is 2.05. The predicted molar refractivity (Wildman–Crippen MR) is 71.8 cm³/mol. The zero-order valence-corrected chi connectivity index (χ0v) is 10.9. The first-order valence-corrected chi connectivity index (χ1v) is 6.54. The number of hydrogen-bond donors (Lipinski definition) is 1. The van der Waals surface area contributed by atoms with Crippen molar-refractivity contribution in [2.75, 3.05) is 6.54 Å². The highest BCUT2D eigenvalue weighted by Crippen LogP contribution is 2.22. The number of imidazole rings is 1. The van der Waals surface area contributed by atoms with Crippen LogP contribution in [0.4, 0.5) is 0 Å². The van der Waals surface area contributed by atoms with E-state index in [0.29, 0.717) is 6.54 Å². The molecule has 2 aromatic rings. The highest BCUT2D eigenvalue weighted by Gasteiger charge is 2.31. The zero-order chi connectivity index (χ0) is 13.4. The van der Waals surface area contributed by atoms with Crippen molar-refractivity contribution in [2.45, 2.75) is 25.4 Å². The minimum Gasteiger partial charge on any atom is -0.480 e. The summed E-state index contributed by atoms with van der Waals surface area (Å²) >= 11 is 0.